The number of benzene rings is 1. The normalized spacial score (nSPS) is 51.5. The van der Waals surface area contributed by atoms with Crippen LogP contribution in [0.3, 0.4) is 0 Å². The van der Waals surface area contributed by atoms with Crippen molar-refractivity contribution < 1.29 is 116 Å². The van der Waals surface area contributed by atoms with Crippen LogP contribution in [0.1, 0.15) is 123 Å². The number of aliphatic hydroxyl groups excluding tert-OH is 5. The Bertz CT molecular complexity index is 2440. The van der Waals surface area contributed by atoms with E-state index in [9.17, 15) is 40.2 Å². The SMILES string of the molecule is CO[C@@H]1[C@@H](O)[C@H](O[C@@H]2[C@@H](C)O[C@@H](O[C@H]3[C@@H](OC)C[C@H](O[C@H]4CC[C@@]5(C)[C@@H](CC[C@]67OC8(C)OC[C@]9([C@H](OC(C)=O)C[C@H]56)[C@@]7(CC[C@@]9(O)[C@H](C)OC(=O)c5ccccc5)O8)C4)O[C@@H]3C)C[C@H]2OC)O[C@H](C)[C@H]1O[C@@H]1O[C@H](CO)[C@@H](O)[C@H](O)[C@H]1O. The third-order valence-corrected chi connectivity index (χ3v) is 21.3. The van der Waals surface area contributed by atoms with Gasteiger partial charge in [0, 0.05) is 53.9 Å². The highest BCUT2D eigenvalue weighted by Crippen LogP contribution is 2.79. The van der Waals surface area contributed by atoms with Crippen LogP contribution in [0, 0.1) is 22.7 Å². The van der Waals surface area contributed by atoms with Crippen LogP contribution in [0.25, 0.3) is 0 Å². The zero-order valence-corrected chi connectivity index (χ0v) is 49.2. The predicted molar refractivity (Wildman–Crippen MR) is 282 cm³/mol. The zero-order chi connectivity index (χ0) is 59.3. The van der Waals surface area contributed by atoms with E-state index < -0.39 is 170 Å². The van der Waals surface area contributed by atoms with Crippen LogP contribution >= 0.6 is 0 Å². The van der Waals surface area contributed by atoms with Gasteiger partial charge in [0.25, 0.3) is 5.97 Å². The number of aliphatic hydroxyl groups is 6. The summed E-state index contributed by atoms with van der Waals surface area (Å²) in [5.41, 5.74) is -5.10. The van der Waals surface area contributed by atoms with Crippen LogP contribution in [0.5, 0.6) is 0 Å². The van der Waals surface area contributed by atoms with Crippen molar-refractivity contribution in [1.82, 2.24) is 0 Å². The van der Waals surface area contributed by atoms with Gasteiger partial charge in [0.1, 0.15) is 83.9 Å². The van der Waals surface area contributed by atoms with Crippen molar-refractivity contribution in [2.75, 3.05) is 34.5 Å². The molecule has 24 heteroatoms. The summed E-state index contributed by atoms with van der Waals surface area (Å²) in [6.07, 6.45) is -14.9. The van der Waals surface area contributed by atoms with Crippen molar-refractivity contribution in [2.45, 2.75) is 264 Å². The lowest BCUT2D eigenvalue weighted by Gasteiger charge is -2.69. The molecule has 6 aliphatic heterocycles. The fourth-order valence-electron chi connectivity index (χ4n) is 17.2. The van der Waals surface area contributed by atoms with Gasteiger partial charge in [-0.1, -0.05) is 25.1 Å². The zero-order valence-electron chi connectivity index (χ0n) is 49.2. The summed E-state index contributed by atoms with van der Waals surface area (Å²) in [6, 6.07) is 8.66. The largest absolute Gasteiger partial charge is 0.462 e. The average Bonchev–Trinajstić information content (AvgIpc) is 1.51. The highest BCUT2D eigenvalue weighted by molar-refractivity contribution is 5.89. The number of hydrogen-bond donors (Lipinski definition) is 6. The van der Waals surface area contributed by atoms with Crippen LogP contribution in [0.4, 0.5) is 0 Å². The van der Waals surface area contributed by atoms with E-state index in [0.717, 1.165) is 19.3 Å². The Morgan fingerprint density at radius 1 is 0.687 bits per heavy atom. The van der Waals surface area contributed by atoms with Crippen molar-refractivity contribution in [3.8, 4) is 0 Å². The average molecular weight is 1180 g/mol. The van der Waals surface area contributed by atoms with Gasteiger partial charge in [-0.25, -0.2) is 4.79 Å². The predicted octanol–water partition coefficient (Wildman–Crippen LogP) is 2.28. The number of esters is 2. The molecular formula is C59H88O24. The lowest BCUT2D eigenvalue weighted by Crippen LogP contribution is -2.81. The van der Waals surface area contributed by atoms with Crippen LogP contribution in [0.2, 0.25) is 0 Å². The van der Waals surface area contributed by atoms with Gasteiger partial charge in [-0.15, -0.1) is 0 Å². The Labute approximate surface area is 484 Å². The topological polar surface area (TPSA) is 303 Å². The van der Waals surface area contributed by atoms with Crippen LogP contribution in [-0.4, -0.2) is 229 Å². The van der Waals surface area contributed by atoms with Crippen molar-refractivity contribution in [2.24, 2.45) is 22.7 Å². The Balaban J connectivity index is 0.720. The van der Waals surface area contributed by atoms with Crippen molar-refractivity contribution in [3.63, 3.8) is 0 Å². The van der Waals surface area contributed by atoms with E-state index in [1.807, 2.05) is 13.0 Å². The van der Waals surface area contributed by atoms with Gasteiger partial charge >= 0.3 is 11.9 Å². The second-order valence-electron chi connectivity index (χ2n) is 25.5. The lowest BCUT2D eigenvalue weighted by molar-refractivity contribution is -0.405. The van der Waals surface area contributed by atoms with E-state index in [4.69, 9.17) is 75.8 Å². The van der Waals surface area contributed by atoms with Gasteiger partial charge in [0.15, 0.2) is 25.2 Å². The highest BCUT2D eigenvalue weighted by atomic mass is 16.9. The molecule has 2 bridgehead atoms. The Hall–Kier alpha value is -2.64. The molecule has 6 heterocycles. The molecule has 0 amide bonds. The molecule has 468 valence electrons. The van der Waals surface area contributed by atoms with Gasteiger partial charge in [-0.2, -0.15) is 0 Å². The number of fused-ring (bicyclic) bond motifs is 3. The molecule has 10 aliphatic rings. The monoisotopic (exact) mass is 1180 g/mol. The molecule has 0 radical (unpaired) electrons. The van der Waals surface area contributed by atoms with Crippen LogP contribution in [-0.2, 0) is 80.6 Å². The molecule has 1 aromatic carbocycles. The minimum Gasteiger partial charge on any atom is -0.462 e. The third-order valence-electron chi connectivity index (χ3n) is 21.3. The maximum atomic E-state index is 13.6. The number of methoxy groups -OCH3 is 3. The first kappa shape index (κ1) is 62.0. The number of hydrogen-bond acceptors (Lipinski definition) is 24. The van der Waals surface area contributed by atoms with Gasteiger partial charge in [-0.3, -0.25) is 4.79 Å². The van der Waals surface area contributed by atoms with Gasteiger partial charge in [0.2, 0.25) is 0 Å². The Morgan fingerprint density at radius 2 is 1.33 bits per heavy atom. The summed E-state index contributed by atoms with van der Waals surface area (Å²) in [6.45, 7) is 11.9. The number of ether oxygens (including phenoxy) is 16. The summed E-state index contributed by atoms with van der Waals surface area (Å²) in [5.74, 6) is -2.47. The Kier molecular flexibility index (Phi) is 17.5. The summed E-state index contributed by atoms with van der Waals surface area (Å²) >= 11 is 0. The quantitative estimate of drug-likeness (QED) is 0.102. The Morgan fingerprint density at radius 3 is 1.98 bits per heavy atom. The number of carbonyl (C=O) groups is 2. The maximum absolute atomic E-state index is 13.6. The molecular weight excluding hydrogens is 1090 g/mol. The lowest BCUT2D eigenvalue weighted by atomic mass is 9.40. The van der Waals surface area contributed by atoms with E-state index in [0.29, 0.717) is 37.7 Å². The molecule has 4 saturated carbocycles. The fourth-order valence-corrected chi connectivity index (χ4v) is 17.2. The van der Waals surface area contributed by atoms with Crippen molar-refractivity contribution in [3.05, 3.63) is 35.9 Å². The molecule has 83 heavy (non-hydrogen) atoms. The van der Waals surface area contributed by atoms with Gasteiger partial charge in [0.05, 0.1) is 60.8 Å². The van der Waals surface area contributed by atoms with Gasteiger partial charge < -0.3 is 106 Å². The third kappa shape index (κ3) is 10.1. The minimum atomic E-state index is -1.72. The smallest absolute Gasteiger partial charge is 0.338 e. The number of carbonyl (C=O) groups excluding carboxylic acids is 2. The number of rotatable bonds is 16. The summed E-state index contributed by atoms with van der Waals surface area (Å²) in [4.78, 5) is 26.8. The molecule has 24 nitrogen and oxygen atoms in total. The molecule has 29 atom stereocenters. The molecule has 0 aromatic heterocycles. The minimum absolute atomic E-state index is 0.0284. The highest BCUT2D eigenvalue weighted by Gasteiger charge is 2.91. The molecule has 11 rings (SSSR count). The molecule has 6 saturated heterocycles. The first-order valence-corrected chi connectivity index (χ1v) is 29.8. The van der Waals surface area contributed by atoms with E-state index in [2.05, 4.69) is 6.92 Å². The summed E-state index contributed by atoms with van der Waals surface area (Å²) in [7, 11) is 4.55. The summed E-state index contributed by atoms with van der Waals surface area (Å²) < 4.78 is 102. The molecule has 1 unspecified atom stereocenters. The maximum Gasteiger partial charge on any atom is 0.338 e. The van der Waals surface area contributed by atoms with Crippen LogP contribution in [0.15, 0.2) is 30.3 Å². The second kappa shape index (κ2) is 23.4. The molecule has 4 aliphatic carbocycles. The van der Waals surface area contributed by atoms with Crippen molar-refractivity contribution in [1.29, 1.82) is 0 Å². The first-order chi connectivity index (χ1) is 39.4. The van der Waals surface area contributed by atoms with Crippen molar-refractivity contribution >= 4 is 11.9 Å². The molecule has 1 aromatic rings. The second-order valence-corrected chi connectivity index (χ2v) is 25.5. The van der Waals surface area contributed by atoms with E-state index >= 15 is 0 Å². The standard InChI is InChI=1S/C59H88O24/c1-28-47(79-42-24-37(69-9)48(29(2)73-42)80-53-46(65)50(70-10)49(30(3)74-53)81-52-45(64)44(63)43(62)38(26-60)78-52)36(68-8)23-41(72-28)77-35-17-18-54(6)34(22-35)16-19-58-39(54)25-40(76-32(5)61)56-27-71-55(7,82-58)83-59(56,58)21-20-57(56,67)31(4)75-51(66)33-14-12-11-13-15-33/h11-15,28-31,34-50,52-53,60,62-65,67H,16-27H2,1-10H3/t28-,29-,30-,31+,34+,35+,36+,37-,38-,39-,40-,41+,42+,43-,44+,45-,46-,47-,48-,49-,50-,52+,53+,54+,55?,56-,57-,58+,59-/m1/s1. The first-order valence-electron chi connectivity index (χ1n) is 29.8. The van der Waals surface area contributed by atoms with E-state index in [-0.39, 0.29) is 42.8 Å². The van der Waals surface area contributed by atoms with Crippen LogP contribution < -0.4 is 0 Å². The van der Waals surface area contributed by atoms with E-state index in [1.54, 1.807) is 66.2 Å². The molecule has 6 N–H and O–H groups in total. The summed E-state index contributed by atoms with van der Waals surface area (Å²) in [5, 5.41) is 65.8. The van der Waals surface area contributed by atoms with Gasteiger partial charge in [-0.05, 0) is 103 Å². The fraction of sp³-hybridized carbons (Fsp3) is 0.864. The molecule has 2 spiro atoms. The molecule has 10 fully saturated rings. The van der Waals surface area contributed by atoms with E-state index in [1.165, 1.54) is 14.0 Å².